The molecule has 0 aromatic rings. The zero-order valence-electron chi connectivity index (χ0n) is 13.5. The molecule has 4 heteroatoms. The molecule has 0 radical (unpaired) electrons. The highest BCUT2D eigenvalue weighted by molar-refractivity contribution is 4.91. The summed E-state index contributed by atoms with van der Waals surface area (Å²) in [5.74, 6) is 0.694. The average Bonchev–Trinajstić information content (AvgIpc) is 2.80. The van der Waals surface area contributed by atoms with Gasteiger partial charge in [-0.15, -0.1) is 0 Å². The monoisotopic (exact) mass is 284 g/mol. The van der Waals surface area contributed by atoms with Gasteiger partial charge >= 0.3 is 0 Å². The van der Waals surface area contributed by atoms with Crippen LogP contribution in [0, 0.1) is 11.3 Å². The largest absolute Gasteiger partial charge is 0.390 e. The number of ether oxygens (including phenoxy) is 1. The molecule has 2 heterocycles. The van der Waals surface area contributed by atoms with E-state index in [0.717, 1.165) is 65.2 Å². The molecule has 2 fully saturated rings. The van der Waals surface area contributed by atoms with E-state index < -0.39 is 5.60 Å². The smallest absolute Gasteiger partial charge is 0.0644 e. The van der Waals surface area contributed by atoms with Crippen molar-refractivity contribution in [1.82, 2.24) is 10.2 Å². The van der Waals surface area contributed by atoms with Crippen molar-refractivity contribution in [2.24, 2.45) is 11.3 Å². The first-order valence-electron chi connectivity index (χ1n) is 8.14. The highest BCUT2D eigenvalue weighted by Gasteiger charge is 2.38. The molecule has 118 valence electrons. The molecule has 0 amide bonds. The van der Waals surface area contributed by atoms with Crippen LogP contribution in [0.2, 0.25) is 0 Å². The SMILES string of the molecule is CC(C)CNCC1(CN2CCC(C)(O)CC2)CCOC1. The second-order valence-electron chi connectivity index (χ2n) is 7.60. The van der Waals surface area contributed by atoms with E-state index in [-0.39, 0.29) is 5.41 Å². The summed E-state index contributed by atoms with van der Waals surface area (Å²) in [6.45, 7) is 13.5. The van der Waals surface area contributed by atoms with E-state index in [1.807, 2.05) is 6.92 Å². The maximum Gasteiger partial charge on any atom is 0.0644 e. The molecular weight excluding hydrogens is 252 g/mol. The van der Waals surface area contributed by atoms with E-state index in [2.05, 4.69) is 24.1 Å². The molecule has 20 heavy (non-hydrogen) atoms. The number of rotatable bonds is 6. The highest BCUT2D eigenvalue weighted by Crippen LogP contribution is 2.31. The minimum absolute atomic E-state index is 0.276. The zero-order chi connectivity index (χ0) is 14.6. The minimum Gasteiger partial charge on any atom is -0.390 e. The van der Waals surface area contributed by atoms with Crippen LogP contribution in [0.15, 0.2) is 0 Å². The van der Waals surface area contributed by atoms with E-state index in [9.17, 15) is 5.11 Å². The first-order valence-corrected chi connectivity index (χ1v) is 8.14. The fraction of sp³-hybridized carbons (Fsp3) is 1.00. The first-order chi connectivity index (χ1) is 9.41. The summed E-state index contributed by atoms with van der Waals surface area (Å²) in [5.41, 5.74) is -0.177. The highest BCUT2D eigenvalue weighted by atomic mass is 16.5. The topological polar surface area (TPSA) is 44.7 Å². The van der Waals surface area contributed by atoms with E-state index in [1.165, 1.54) is 0 Å². The number of likely N-dealkylation sites (tertiary alicyclic amines) is 1. The van der Waals surface area contributed by atoms with Crippen LogP contribution in [-0.4, -0.2) is 61.5 Å². The zero-order valence-corrected chi connectivity index (χ0v) is 13.5. The standard InChI is InChI=1S/C16H32N2O2/c1-14(2)10-17-11-16(6-9-20-13-16)12-18-7-4-15(3,19)5-8-18/h14,17,19H,4-13H2,1-3H3. The van der Waals surface area contributed by atoms with E-state index in [4.69, 9.17) is 4.74 Å². The Hall–Kier alpha value is -0.160. The Morgan fingerprint density at radius 2 is 1.95 bits per heavy atom. The molecule has 0 aromatic carbocycles. The number of aliphatic hydroxyl groups is 1. The number of piperidine rings is 1. The molecule has 0 saturated carbocycles. The molecule has 0 aliphatic carbocycles. The Kier molecular flexibility index (Phi) is 5.46. The third kappa shape index (κ3) is 4.69. The summed E-state index contributed by atoms with van der Waals surface area (Å²) < 4.78 is 5.68. The maximum absolute atomic E-state index is 10.1. The Bertz CT molecular complexity index is 289. The summed E-state index contributed by atoms with van der Waals surface area (Å²) in [6.07, 6.45) is 2.94. The molecular formula is C16H32N2O2. The molecule has 1 atom stereocenters. The molecule has 2 N–H and O–H groups in total. The predicted octanol–water partition coefficient (Wildman–Crippen LogP) is 1.49. The Morgan fingerprint density at radius 3 is 2.50 bits per heavy atom. The van der Waals surface area contributed by atoms with Gasteiger partial charge < -0.3 is 20.1 Å². The lowest BCUT2D eigenvalue weighted by Crippen LogP contribution is -2.50. The molecule has 0 bridgehead atoms. The third-order valence-corrected chi connectivity index (χ3v) is 4.73. The van der Waals surface area contributed by atoms with E-state index in [0.29, 0.717) is 5.92 Å². The first kappa shape index (κ1) is 16.2. The summed E-state index contributed by atoms with van der Waals surface area (Å²) in [7, 11) is 0. The van der Waals surface area contributed by atoms with Crippen LogP contribution in [0.3, 0.4) is 0 Å². The van der Waals surface area contributed by atoms with Crippen molar-refractivity contribution < 1.29 is 9.84 Å². The van der Waals surface area contributed by atoms with Crippen molar-refractivity contribution in [3.05, 3.63) is 0 Å². The molecule has 0 aromatic heterocycles. The lowest BCUT2D eigenvalue weighted by atomic mass is 9.84. The lowest BCUT2D eigenvalue weighted by molar-refractivity contribution is -0.0169. The van der Waals surface area contributed by atoms with Crippen molar-refractivity contribution in [1.29, 1.82) is 0 Å². The Balaban J connectivity index is 1.83. The van der Waals surface area contributed by atoms with E-state index in [1.54, 1.807) is 0 Å². The summed E-state index contributed by atoms with van der Waals surface area (Å²) >= 11 is 0. The fourth-order valence-corrected chi connectivity index (χ4v) is 3.26. The normalized spacial score (nSPS) is 31.1. The maximum atomic E-state index is 10.1. The molecule has 2 aliphatic heterocycles. The average molecular weight is 284 g/mol. The van der Waals surface area contributed by atoms with Crippen LogP contribution in [-0.2, 0) is 4.74 Å². The van der Waals surface area contributed by atoms with Crippen LogP contribution >= 0.6 is 0 Å². The fourth-order valence-electron chi connectivity index (χ4n) is 3.26. The van der Waals surface area contributed by atoms with E-state index >= 15 is 0 Å². The molecule has 2 saturated heterocycles. The van der Waals surface area contributed by atoms with Crippen LogP contribution in [0.5, 0.6) is 0 Å². The molecule has 4 nitrogen and oxygen atoms in total. The number of hydrogen-bond donors (Lipinski definition) is 2. The van der Waals surface area contributed by atoms with Crippen molar-refractivity contribution in [2.45, 2.75) is 45.6 Å². The number of hydrogen-bond acceptors (Lipinski definition) is 4. The number of nitrogens with one attached hydrogen (secondary N) is 1. The third-order valence-electron chi connectivity index (χ3n) is 4.73. The van der Waals surface area contributed by atoms with Gasteiger partial charge in [-0.05, 0) is 38.6 Å². The van der Waals surface area contributed by atoms with Gasteiger partial charge in [0, 0.05) is 38.2 Å². The summed E-state index contributed by atoms with van der Waals surface area (Å²) in [4.78, 5) is 2.52. The van der Waals surface area contributed by atoms with Gasteiger partial charge in [-0.1, -0.05) is 13.8 Å². The Labute approximate surface area is 123 Å². The quantitative estimate of drug-likeness (QED) is 0.775. The second kappa shape index (κ2) is 6.73. The molecule has 1 unspecified atom stereocenters. The van der Waals surface area contributed by atoms with Crippen molar-refractivity contribution in [2.75, 3.05) is 45.9 Å². The van der Waals surface area contributed by atoms with Crippen molar-refractivity contribution >= 4 is 0 Å². The Morgan fingerprint density at radius 1 is 1.25 bits per heavy atom. The molecule has 2 rings (SSSR count). The van der Waals surface area contributed by atoms with Crippen LogP contribution in [0.25, 0.3) is 0 Å². The van der Waals surface area contributed by atoms with Gasteiger partial charge in [0.1, 0.15) is 0 Å². The van der Waals surface area contributed by atoms with Gasteiger partial charge in [0.2, 0.25) is 0 Å². The van der Waals surface area contributed by atoms with Gasteiger partial charge in [-0.2, -0.15) is 0 Å². The van der Waals surface area contributed by atoms with Crippen LogP contribution in [0.4, 0.5) is 0 Å². The summed E-state index contributed by atoms with van der Waals surface area (Å²) in [5, 5.41) is 13.7. The van der Waals surface area contributed by atoms with Gasteiger partial charge in [0.25, 0.3) is 0 Å². The van der Waals surface area contributed by atoms with Gasteiger partial charge in [0.15, 0.2) is 0 Å². The lowest BCUT2D eigenvalue weighted by Gasteiger charge is -2.40. The van der Waals surface area contributed by atoms with Crippen molar-refractivity contribution in [3.63, 3.8) is 0 Å². The molecule has 0 spiro atoms. The second-order valence-corrected chi connectivity index (χ2v) is 7.60. The van der Waals surface area contributed by atoms with Gasteiger partial charge in [-0.25, -0.2) is 0 Å². The van der Waals surface area contributed by atoms with Gasteiger partial charge in [0.05, 0.1) is 12.2 Å². The minimum atomic E-state index is -0.453. The van der Waals surface area contributed by atoms with Crippen LogP contribution in [0.1, 0.15) is 40.0 Å². The van der Waals surface area contributed by atoms with Gasteiger partial charge in [-0.3, -0.25) is 0 Å². The predicted molar refractivity (Wildman–Crippen MR) is 81.9 cm³/mol. The summed E-state index contributed by atoms with van der Waals surface area (Å²) in [6, 6.07) is 0. The number of nitrogens with zero attached hydrogens (tertiary/aromatic N) is 1. The molecule has 2 aliphatic rings. The van der Waals surface area contributed by atoms with Crippen molar-refractivity contribution in [3.8, 4) is 0 Å². The van der Waals surface area contributed by atoms with Crippen LogP contribution < -0.4 is 5.32 Å².